The van der Waals surface area contributed by atoms with Gasteiger partial charge in [0.25, 0.3) is 0 Å². The molecule has 0 radical (unpaired) electrons. The molecule has 5 heteroatoms. The Morgan fingerprint density at radius 1 is 1.56 bits per heavy atom. The van der Waals surface area contributed by atoms with Gasteiger partial charge in [0, 0.05) is 6.42 Å². The molecule has 1 rings (SSSR count). The van der Waals surface area contributed by atoms with Gasteiger partial charge in [0.15, 0.2) is 0 Å². The second kappa shape index (κ2) is 2.20. The summed E-state index contributed by atoms with van der Waals surface area (Å²) >= 11 is 0. The average Bonchev–Trinajstić information content (AvgIpc) is 2.35. The van der Waals surface area contributed by atoms with Gasteiger partial charge in [-0.25, -0.2) is 4.89 Å². The topological polar surface area (TPSA) is 82.5 Å². The number of epoxide rings is 1. The molecule has 0 aromatic heterocycles. The van der Waals surface area contributed by atoms with E-state index in [0.717, 1.165) is 0 Å². The molecule has 1 atom stereocenters. The summed E-state index contributed by atoms with van der Waals surface area (Å²) in [6.07, 6.45) is -0.326. The molecular formula is C4H8O5. The Morgan fingerprint density at radius 3 is 2.44 bits per heavy atom. The van der Waals surface area contributed by atoms with Crippen LogP contribution in [0, 0.1) is 0 Å². The maximum Gasteiger partial charge on any atom is 0.306 e. The van der Waals surface area contributed by atoms with Crippen molar-refractivity contribution >= 4 is 0 Å². The molecule has 1 unspecified atom stereocenters. The Balaban J connectivity index is 2.06. The first-order valence-electron chi connectivity index (χ1n) is 2.56. The molecule has 1 aliphatic heterocycles. The highest BCUT2D eigenvalue weighted by Gasteiger charge is 2.54. The summed E-state index contributed by atoms with van der Waals surface area (Å²) in [5.41, 5.74) is 0. The van der Waals surface area contributed by atoms with Gasteiger partial charge in [0.05, 0.1) is 6.61 Å². The predicted molar refractivity (Wildman–Crippen MR) is 25.2 cm³/mol. The third-order valence-electron chi connectivity index (χ3n) is 1.15. The van der Waals surface area contributed by atoms with Crippen molar-refractivity contribution in [2.45, 2.75) is 18.5 Å². The second-order valence-electron chi connectivity index (χ2n) is 1.89. The number of rotatable bonds is 3. The van der Waals surface area contributed by atoms with Crippen LogP contribution >= 0.6 is 0 Å². The van der Waals surface area contributed by atoms with Gasteiger partial charge in [0.1, 0.15) is 6.10 Å². The van der Waals surface area contributed by atoms with Gasteiger partial charge in [-0.05, 0) is 0 Å². The zero-order valence-corrected chi connectivity index (χ0v) is 4.65. The maximum atomic E-state index is 8.51. The van der Waals surface area contributed by atoms with Gasteiger partial charge >= 0.3 is 5.97 Å². The summed E-state index contributed by atoms with van der Waals surface area (Å²) in [7, 11) is 0. The number of ether oxygens (including phenoxy) is 1. The van der Waals surface area contributed by atoms with Crippen LogP contribution in [0.5, 0.6) is 0 Å². The Bertz CT molecular complexity index is 101. The zero-order chi connectivity index (χ0) is 6.91. The van der Waals surface area contributed by atoms with E-state index in [1.165, 1.54) is 0 Å². The lowest BCUT2D eigenvalue weighted by Crippen LogP contribution is -2.13. The van der Waals surface area contributed by atoms with Crippen molar-refractivity contribution in [3.8, 4) is 0 Å². The fraction of sp³-hybridized carbons (Fsp3) is 1.00. The standard InChI is InChI=1S/C4H8O5/c5-4(6)3(9-4)1-2-8-7/h3,5-7H,1-2H2. The summed E-state index contributed by atoms with van der Waals surface area (Å²) in [5, 5.41) is 24.8. The van der Waals surface area contributed by atoms with Crippen LogP contribution in [-0.2, 0) is 9.62 Å². The van der Waals surface area contributed by atoms with Gasteiger partial charge in [-0.15, -0.1) is 0 Å². The number of hydrogen-bond donors (Lipinski definition) is 3. The van der Waals surface area contributed by atoms with Crippen molar-refractivity contribution in [3.63, 3.8) is 0 Å². The van der Waals surface area contributed by atoms with E-state index in [0.29, 0.717) is 0 Å². The van der Waals surface area contributed by atoms with Gasteiger partial charge in [0.2, 0.25) is 0 Å². The van der Waals surface area contributed by atoms with Crippen molar-refractivity contribution in [2.75, 3.05) is 6.61 Å². The second-order valence-corrected chi connectivity index (χ2v) is 1.89. The van der Waals surface area contributed by atoms with Gasteiger partial charge in [-0.3, -0.25) is 5.26 Å². The smallest absolute Gasteiger partial charge is 0.306 e. The molecule has 0 aliphatic carbocycles. The lowest BCUT2D eigenvalue weighted by Gasteiger charge is -1.92. The van der Waals surface area contributed by atoms with Crippen LogP contribution < -0.4 is 0 Å². The Hall–Kier alpha value is -0.200. The van der Waals surface area contributed by atoms with E-state index >= 15 is 0 Å². The molecule has 9 heavy (non-hydrogen) atoms. The largest absolute Gasteiger partial charge is 0.341 e. The molecule has 0 amide bonds. The van der Waals surface area contributed by atoms with Crippen LogP contribution in [0.1, 0.15) is 6.42 Å². The van der Waals surface area contributed by atoms with E-state index in [2.05, 4.69) is 9.62 Å². The van der Waals surface area contributed by atoms with Crippen LogP contribution in [0.25, 0.3) is 0 Å². The zero-order valence-electron chi connectivity index (χ0n) is 4.65. The minimum absolute atomic E-state index is 0.0491. The predicted octanol–water partition coefficient (Wildman–Crippen LogP) is -1.10. The van der Waals surface area contributed by atoms with Crippen LogP contribution in [0.15, 0.2) is 0 Å². The fourth-order valence-corrected chi connectivity index (χ4v) is 0.582. The van der Waals surface area contributed by atoms with Gasteiger partial charge in [-0.2, -0.15) is 0 Å². The van der Waals surface area contributed by atoms with Gasteiger partial charge < -0.3 is 14.9 Å². The number of hydrogen-bond acceptors (Lipinski definition) is 5. The minimum atomic E-state index is -1.97. The molecule has 1 saturated heterocycles. The SMILES string of the molecule is OOCCC1OC1(O)O. The average molecular weight is 136 g/mol. The van der Waals surface area contributed by atoms with Crippen molar-refractivity contribution in [1.29, 1.82) is 0 Å². The minimum Gasteiger partial charge on any atom is -0.341 e. The van der Waals surface area contributed by atoms with E-state index in [4.69, 9.17) is 15.5 Å². The maximum absolute atomic E-state index is 8.51. The Morgan fingerprint density at radius 2 is 2.11 bits per heavy atom. The Labute approximate surface area is 51.4 Å². The first-order chi connectivity index (χ1) is 4.17. The molecule has 3 N–H and O–H groups in total. The lowest BCUT2D eigenvalue weighted by atomic mass is 10.3. The quantitative estimate of drug-likeness (QED) is 0.198. The summed E-state index contributed by atoms with van der Waals surface area (Å²) in [5.74, 6) is -1.97. The van der Waals surface area contributed by atoms with Crippen molar-refractivity contribution in [3.05, 3.63) is 0 Å². The molecule has 0 saturated carbocycles. The number of aliphatic hydroxyl groups is 2. The molecule has 0 aromatic rings. The van der Waals surface area contributed by atoms with Crippen molar-refractivity contribution in [2.24, 2.45) is 0 Å². The lowest BCUT2D eigenvalue weighted by molar-refractivity contribution is -0.243. The van der Waals surface area contributed by atoms with Crippen LogP contribution in [0.4, 0.5) is 0 Å². The Kier molecular flexibility index (Phi) is 1.69. The molecule has 1 aliphatic rings. The molecule has 54 valence electrons. The fourth-order valence-electron chi connectivity index (χ4n) is 0.582. The molecule has 5 nitrogen and oxygen atoms in total. The van der Waals surface area contributed by atoms with E-state index in [-0.39, 0.29) is 13.0 Å². The van der Waals surface area contributed by atoms with Crippen LogP contribution in [-0.4, -0.2) is 34.2 Å². The highest BCUT2D eigenvalue weighted by molar-refractivity contribution is 4.81. The molecule has 1 fully saturated rings. The molecule has 0 spiro atoms. The summed E-state index contributed by atoms with van der Waals surface area (Å²) in [6, 6.07) is 0. The molecule has 0 aromatic carbocycles. The highest BCUT2D eigenvalue weighted by Crippen LogP contribution is 2.32. The molecular weight excluding hydrogens is 128 g/mol. The van der Waals surface area contributed by atoms with Crippen molar-refractivity contribution < 1.29 is 25.1 Å². The molecule has 1 heterocycles. The summed E-state index contributed by atoms with van der Waals surface area (Å²) < 4.78 is 4.33. The van der Waals surface area contributed by atoms with Crippen LogP contribution in [0.3, 0.4) is 0 Å². The van der Waals surface area contributed by atoms with E-state index in [1.54, 1.807) is 0 Å². The third-order valence-corrected chi connectivity index (χ3v) is 1.15. The van der Waals surface area contributed by atoms with Gasteiger partial charge in [-0.1, -0.05) is 0 Å². The first-order valence-corrected chi connectivity index (χ1v) is 2.56. The van der Waals surface area contributed by atoms with E-state index in [1.807, 2.05) is 0 Å². The summed E-state index contributed by atoms with van der Waals surface area (Å²) in [6.45, 7) is 0.0491. The monoisotopic (exact) mass is 136 g/mol. The third kappa shape index (κ3) is 1.60. The van der Waals surface area contributed by atoms with E-state index < -0.39 is 12.1 Å². The van der Waals surface area contributed by atoms with Crippen molar-refractivity contribution in [1.82, 2.24) is 0 Å². The molecule has 0 bridgehead atoms. The highest BCUT2D eigenvalue weighted by atomic mass is 17.1. The summed E-state index contributed by atoms with van der Waals surface area (Å²) in [4.78, 5) is 3.68. The van der Waals surface area contributed by atoms with E-state index in [9.17, 15) is 0 Å². The van der Waals surface area contributed by atoms with Crippen LogP contribution in [0.2, 0.25) is 0 Å². The normalized spacial score (nSPS) is 30.3. The first kappa shape index (κ1) is 6.91.